The first kappa shape index (κ1) is 10.6. The summed E-state index contributed by atoms with van der Waals surface area (Å²) >= 11 is 3.36. The lowest BCUT2D eigenvalue weighted by Crippen LogP contribution is -2.16. The molecule has 0 unspecified atom stereocenters. The lowest BCUT2D eigenvalue weighted by atomic mass is 10.3. The molecule has 0 amide bonds. The Balaban J connectivity index is 2.53. The lowest BCUT2D eigenvalue weighted by molar-refractivity contribution is 0.157. The van der Waals surface area contributed by atoms with Gasteiger partial charge in [0.1, 0.15) is 0 Å². The van der Waals surface area contributed by atoms with Crippen LogP contribution in [0.5, 0.6) is 0 Å². The van der Waals surface area contributed by atoms with Gasteiger partial charge in [0.2, 0.25) is 0 Å². The van der Waals surface area contributed by atoms with Crippen molar-refractivity contribution in [3.8, 4) is 0 Å². The highest BCUT2D eigenvalue weighted by Crippen LogP contribution is 2.21. The molecule has 0 aliphatic heterocycles. The number of aromatic nitrogens is 2. The van der Waals surface area contributed by atoms with Gasteiger partial charge in [0.25, 0.3) is 0 Å². The van der Waals surface area contributed by atoms with E-state index in [2.05, 4.69) is 20.9 Å². The monoisotopic (exact) mass is 270 g/mol. The number of hydrogen-bond acceptors (Lipinski definition) is 3. The molecule has 0 aliphatic rings. The SMILES string of the molecule is OCC(CO)n1cnc2cc(Br)ccc21. The molecule has 4 nitrogen and oxygen atoms in total. The second-order valence-corrected chi connectivity index (χ2v) is 4.22. The van der Waals surface area contributed by atoms with Crippen LogP contribution in [0.4, 0.5) is 0 Å². The Kier molecular flexibility index (Phi) is 3.04. The van der Waals surface area contributed by atoms with Gasteiger partial charge in [-0.05, 0) is 18.2 Å². The van der Waals surface area contributed by atoms with E-state index in [-0.39, 0.29) is 19.3 Å². The van der Waals surface area contributed by atoms with Crippen LogP contribution in [-0.2, 0) is 0 Å². The molecule has 0 bridgehead atoms. The number of nitrogens with zero attached hydrogens (tertiary/aromatic N) is 2. The molecule has 5 heteroatoms. The summed E-state index contributed by atoms with van der Waals surface area (Å²) in [5, 5.41) is 18.2. The van der Waals surface area contributed by atoms with E-state index in [9.17, 15) is 0 Å². The van der Waals surface area contributed by atoms with Gasteiger partial charge in [0.15, 0.2) is 0 Å². The van der Waals surface area contributed by atoms with Gasteiger partial charge in [0.05, 0.1) is 36.6 Å². The molecule has 2 rings (SSSR count). The van der Waals surface area contributed by atoms with E-state index in [1.165, 1.54) is 0 Å². The maximum Gasteiger partial charge on any atom is 0.0962 e. The van der Waals surface area contributed by atoms with Crippen molar-refractivity contribution in [3.05, 3.63) is 29.0 Å². The zero-order chi connectivity index (χ0) is 10.8. The quantitative estimate of drug-likeness (QED) is 0.885. The Morgan fingerprint density at radius 2 is 2.07 bits per heavy atom. The number of benzene rings is 1. The Bertz CT molecular complexity index is 465. The van der Waals surface area contributed by atoms with Gasteiger partial charge in [-0.15, -0.1) is 0 Å². The fourth-order valence-electron chi connectivity index (χ4n) is 1.53. The number of fused-ring (bicyclic) bond motifs is 1. The van der Waals surface area contributed by atoms with Gasteiger partial charge in [-0.2, -0.15) is 0 Å². The van der Waals surface area contributed by atoms with Crippen molar-refractivity contribution in [2.75, 3.05) is 13.2 Å². The normalized spacial score (nSPS) is 11.5. The van der Waals surface area contributed by atoms with Crippen molar-refractivity contribution in [1.29, 1.82) is 0 Å². The van der Waals surface area contributed by atoms with E-state index in [0.29, 0.717) is 0 Å². The molecule has 0 aliphatic carbocycles. The van der Waals surface area contributed by atoms with Gasteiger partial charge >= 0.3 is 0 Å². The van der Waals surface area contributed by atoms with Crippen LogP contribution < -0.4 is 0 Å². The smallest absolute Gasteiger partial charge is 0.0962 e. The lowest BCUT2D eigenvalue weighted by Gasteiger charge is -2.13. The molecule has 15 heavy (non-hydrogen) atoms. The summed E-state index contributed by atoms with van der Waals surface area (Å²) in [4.78, 5) is 4.21. The summed E-state index contributed by atoms with van der Waals surface area (Å²) in [7, 11) is 0. The molecule has 2 N–H and O–H groups in total. The van der Waals surface area contributed by atoms with Crippen molar-refractivity contribution < 1.29 is 10.2 Å². The Labute approximate surface area is 95.3 Å². The molecule has 0 spiro atoms. The molecule has 1 aromatic heterocycles. The van der Waals surface area contributed by atoms with Crippen molar-refractivity contribution in [3.63, 3.8) is 0 Å². The summed E-state index contributed by atoms with van der Waals surface area (Å²) in [6, 6.07) is 5.39. The van der Waals surface area contributed by atoms with Gasteiger partial charge in [0, 0.05) is 4.47 Å². The first-order chi connectivity index (χ1) is 7.26. The highest BCUT2D eigenvalue weighted by Gasteiger charge is 2.11. The average molecular weight is 271 g/mol. The molecule has 0 saturated heterocycles. The predicted molar refractivity (Wildman–Crippen MR) is 60.6 cm³/mol. The number of imidazole rings is 1. The molecule has 1 aromatic carbocycles. The van der Waals surface area contributed by atoms with Crippen LogP contribution in [0, 0.1) is 0 Å². The van der Waals surface area contributed by atoms with Crippen LogP contribution in [0.25, 0.3) is 11.0 Å². The molecule has 2 aromatic rings. The third-order valence-corrected chi connectivity index (χ3v) is 2.84. The molecule has 0 radical (unpaired) electrons. The summed E-state index contributed by atoms with van der Waals surface area (Å²) < 4.78 is 2.74. The van der Waals surface area contributed by atoms with Crippen LogP contribution >= 0.6 is 15.9 Å². The van der Waals surface area contributed by atoms with Gasteiger partial charge < -0.3 is 14.8 Å². The largest absolute Gasteiger partial charge is 0.394 e. The van der Waals surface area contributed by atoms with Crippen molar-refractivity contribution in [2.24, 2.45) is 0 Å². The Morgan fingerprint density at radius 3 is 2.73 bits per heavy atom. The number of hydrogen-bond donors (Lipinski definition) is 2. The van der Waals surface area contributed by atoms with Crippen LogP contribution in [-0.4, -0.2) is 33.0 Å². The first-order valence-corrected chi connectivity index (χ1v) is 5.39. The van der Waals surface area contributed by atoms with Crippen molar-refractivity contribution in [1.82, 2.24) is 9.55 Å². The third kappa shape index (κ3) is 1.90. The van der Waals surface area contributed by atoms with Crippen LogP contribution in [0.1, 0.15) is 6.04 Å². The fourth-order valence-corrected chi connectivity index (χ4v) is 1.88. The van der Waals surface area contributed by atoms with Crippen molar-refractivity contribution in [2.45, 2.75) is 6.04 Å². The molecule has 0 saturated carbocycles. The second kappa shape index (κ2) is 4.30. The topological polar surface area (TPSA) is 58.3 Å². The summed E-state index contributed by atoms with van der Waals surface area (Å²) in [6.07, 6.45) is 1.63. The summed E-state index contributed by atoms with van der Waals surface area (Å²) in [5.41, 5.74) is 1.75. The number of rotatable bonds is 3. The van der Waals surface area contributed by atoms with E-state index in [1.807, 2.05) is 18.2 Å². The molecular weight excluding hydrogens is 260 g/mol. The van der Waals surface area contributed by atoms with E-state index in [1.54, 1.807) is 10.9 Å². The van der Waals surface area contributed by atoms with Crippen LogP contribution in [0.3, 0.4) is 0 Å². The molecule has 0 fully saturated rings. The van der Waals surface area contributed by atoms with E-state index in [0.717, 1.165) is 15.5 Å². The maximum atomic E-state index is 9.09. The molecule has 1 heterocycles. The summed E-state index contributed by atoms with van der Waals surface area (Å²) in [5.74, 6) is 0. The zero-order valence-electron chi connectivity index (χ0n) is 7.97. The Morgan fingerprint density at radius 1 is 1.33 bits per heavy atom. The zero-order valence-corrected chi connectivity index (χ0v) is 9.55. The Hall–Kier alpha value is -0.910. The standard InChI is InChI=1S/C10H11BrN2O2/c11-7-1-2-10-9(3-7)12-6-13(10)8(4-14)5-15/h1-3,6,8,14-15H,4-5H2. The fraction of sp³-hybridized carbons (Fsp3) is 0.300. The minimum Gasteiger partial charge on any atom is -0.394 e. The van der Waals surface area contributed by atoms with E-state index < -0.39 is 0 Å². The van der Waals surface area contributed by atoms with Gasteiger partial charge in [-0.1, -0.05) is 15.9 Å². The minimum atomic E-state index is -0.323. The second-order valence-electron chi connectivity index (χ2n) is 3.30. The summed E-state index contributed by atoms with van der Waals surface area (Å²) in [6.45, 7) is -0.198. The molecule has 0 atom stereocenters. The first-order valence-electron chi connectivity index (χ1n) is 4.60. The van der Waals surface area contributed by atoms with Crippen LogP contribution in [0.2, 0.25) is 0 Å². The predicted octanol–water partition coefficient (Wildman–Crippen LogP) is 1.32. The number of halogens is 1. The average Bonchev–Trinajstić information content (AvgIpc) is 2.63. The molecule has 80 valence electrons. The van der Waals surface area contributed by atoms with Gasteiger partial charge in [-0.3, -0.25) is 0 Å². The number of aliphatic hydroxyl groups excluding tert-OH is 2. The van der Waals surface area contributed by atoms with Crippen molar-refractivity contribution >= 4 is 27.0 Å². The number of aliphatic hydroxyl groups is 2. The van der Waals surface area contributed by atoms with E-state index >= 15 is 0 Å². The van der Waals surface area contributed by atoms with Crippen LogP contribution in [0.15, 0.2) is 29.0 Å². The highest BCUT2D eigenvalue weighted by molar-refractivity contribution is 9.10. The van der Waals surface area contributed by atoms with E-state index in [4.69, 9.17) is 10.2 Å². The molecular formula is C10H11BrN2O2. The maximum absolute atomic E-state index is 9.09. The highest BCUT2D eigenvalue weighted by atomic mass is 79.9. The van der Waals surface area contributed by atoms with Gasteiger partial charge in [-0.25, -0.2) is 4.98 Å². The third-order valence-electron chi connectivity index (χ3n) is 2.35. The minimum absolute atomic E-state index is 0.0992.